The normalized spacial score (nSPS) is 14.7. The van der Waals surface area contributed by atoms with Crippen LogP contribution in [-0.4, -0.2) is 47.7 Å². The van der Waals surface area contributed by atoms with E-state index in [0.29, 0.717) is 11.6 Å². The molecule has 0 aliphatic carbocycles. The number of nitrogens with zero attached hydrogens (tertiary/aromatic N) is 2. The standard InChI is InChI=1S/C27H34ClN3O2/c1-20(2)29-27(32)19-31-25-11-10-24(33-15-7-14-30-12-4-3-5-13-30)17-22(25)18-26(31)21-8-6-9-23(28)16-21/h6,8-11,16-18,20H,3-5,7,12-15,19H2,1-2H3,(H,29,32). The van der Waals surface area contributed by atoms with Crippen LogP contribution in [0.4, 0.5) is 0 Å². The van der Waals surface area contributed by atoms with E-state index in [1.807, 2.05) is 50.2 Å². The van der Waals surface area contributed by atoms with Gasteiger partial charge >= 0.3 is 0 Å². The Labute approximate surface area is 201 Å². The maximum atomic E-state index is 12.6. The summed E-state index contributed by atoms with van der Waals surface area (Å²) in [5, 5.41) is 4.72. The van der Waals surface area contributed by atoms with Gasteiger partial charge in [0.25, 0.3) is 0 Å². The van der Waals surface area contributed by atoms with E-state index in [1.54, 1.807) is 0 Å². The van der Waals surface area contributed by atoms with Crippen LogP contribution in [0.2, 0.25) is 5.02 Å². The lowest BCUT2D eigenvalue weighted by Gasteiger charge is -2.26. The summed E-state index contributed by atoms with van der Waals surface area (Å²) in [6.07, 6.45) is 5.03. The number of hydrogen-bond acceptors (Lipinski definition) is 3. The van der Waals surface area contributed by atoms with Crippen molar-refractivity contribution in [1.29, 1.82) is 0 Å². The van der Waals surface area contributed by atoms with Crippen LogP contribution >= 0.6 is 11.6 Å². The van der Waals surface area contributed by atoms with Gasteiger partial charge in [-0.05, 0) is 88.2 Å². The smallest absolute Gasteiger partial charge is 0.240 e. The Bertz CT molecular complexity index is 1090. The van der Waals surface area contributed by atoms with Crippen molar-refractivity contribution in [3.63, 3.8) is 0 Å². The highest BCUT2D eigenvalue weighted by atomic mass is 35.5. The number of likely N-dealkylation sites (tertiary alicyclic amines) is 1. The van der Waals surface area contributed by atoms with E-state index in [-0.39, 0.29) is 18.5 Å². The molecule has 0 spiro atoms. The molecule has 0 radical (unpaired) electrons. The second-order valence-electron chi connectivity index (χ2n) is 9.17. The van der Waals surface area contributed by atoms with Gasteiger partial charge in [-0.1, -0.05) is 30.2 Å². The fourth-order valence-corrected chi connectivity index (χ4v) is 4.76. The molecular weight excluding hydrogens is 434 g/mol. The molecule has 1 N–H and O–H groups in total. The predicted octanol–water partition coefficient (Wildman–Crippen LogP) is 5.74. The van der Waals surface area contributed by atoms with Gasteiger partial charge in [0.1, 0.15) is 12.3 Å². The van der Waals surface area contributed by atoms with Crippen LogP contribution < -0.4 is 10.1 Å². The van der Waals surface area contributed by atoms with Crippen molar-refractivity contribution in [3.05, 3.63) is 53.6 Å². The third-order valence-electron chi connectivity index (χ3n) is 6.08. The second-order valence-corrected chi connectivity index (χ2v) is 9.61. The minimum absolute atomic E-state index is 0.0104. The molecule has 3 aromatic rings. The van der Waals surface area contributed by atoms with Gasteiger partial charge in [-0.15, -0.1) is 0 Å². The fraction of sp³-hybridized carbons (Fsp3) is 0.444. The van der Waals surface area contributed by atoms with Gasteiger partial charge in [0, 0.05) is 34.2 Å². The maximum Gasteiger partial charge on any atom is 0.240 e. The van der Waals surface area contributed by atoms with Crippen LogP contribution in [0.1, 0.15) is 39.5 Å². The summed E-state index contributed by atoms with van der Waals surface area (Å²) in [5.74, 6) is 0.853. The van der Waals surface area contributed by atoms with Gasteiger partial charge in [0.15, 0.2) is 0 Å². The Balaban J connectivity index is 1.52. The third kappa shape index (κ3) is 6.30. The number of aromatic nitrogens is 1. The number of fused-ring (bicyclic) bond motifs is 1. The highest BCUT2D eigenvalue weighted by Gasteiger charge is 2.15. The molecule has 1 aliphatic rings. The average Bonchev–Trinajstić information content (AvgIpc) is 3.14. The lowest BCUT2D eigenvalue weighted by molar-refractivity contribution is -0.122. The Morgan fingerprint density at radius 1 is 1.09 bits per heavy atom. The molecule has 33 heavy (non-hydrogen) atoms. The maximum absolute atomic E-state index is 12.6. The number of ether oxygens (including phenoxy) is 1. The molecule has 2 aromatic carbocycles. The Hall–Kier alpha value is -2.50. The average molecular weight is 468 g/mol. The van der Waals surface area contributed by atoms with Crippen molar-refractivity contribution in [2.24, 2.45) is 0 Å². The molecule has 0 atom stereocenters. The summed E-state index contributed by atoms with van der Waals surface area (Å²) in [6.45, 7) is 8.44. The zero-order valence-electron chi connectivity index (χ0n) is 19.6. The zero-order chi connectivity index (χ0) is 23.2. The second kappa shape index (κ2) is 11.1. The van der Waals surface area contributed by atoms with Crippen LogP contribution in [0.25, 0.3) is 22.2 Å². The Morgan fingerprint density at radius 3 is 2.67 bits per heavy atom. The van der Waals surface area contributed by atoms with Gasteiger partial charge in [0.05, 0.1) is 6.61 Å². The minimum atomic E-state index is -0.0104. The molecule has 6 heteroatoms. The number of amides is 1. The van der Waals surface area contributed by atoms with Crippen LogP contribution in [-0.2, 0) is 11.3 Å². The number of nitrogens with one attached hydrogen (secondary N) is 1. The van der Waals surface area contributed by atoms with Gasteiger partial charge in [0.2, 0.25) is 5.91 Å². The lowest BCUT2D eigenvalue weighted by atomic mass is 10.1. The van der Waals surface area contributed by atoms with Gasteiger partial charge < -0.3 is 19.5 Å². The number of piperidine rings is 1. The van der Waals surface area contributed by atoms with E-state index in [4.69, 9.17) is 16.3 Å². The number of carbonyl (C=O) groups is 1. The van der Waals surface area contributed by atoms with E-state index in [0.717, 1.165) is 40.9 Å². The molecule has 1 aromatic heterocycles. The zero-order valence-corrected chi connectivity index (χ0v) is 20.4. The van der Waals surface area contributed by atoms with Crippen LogP contribution in [0.3, 0.4) is 0 Å². The Kier molecular flexibility index (Phi) is 7.94. The van der Waals surface area contributed by atoms with Crippen molar-refractivity contribution in [2.45, 2.75) is 52.1 Å². The molecule has 1 aliphatic heterocycles. The largest absolute Gasteiger partial charge is 0.494 e. The SMILES string of the molecule is CC(C)NC(=O)Cn1c(-c2cccc(Cl)c2)cc2cc(OCCCN3CCCCC3)ccc21. The molecule has 5 nitrogen and oxygen atoms in total. The molecule has 0 bridgehead atoms. The van der Waals surface area contributed by atoms with Crippen molar-refractivity contribution >= 4 is 28.4 Å². The van der Waals surface area contributed by atoms with Gasteiger partial charge in [-0.25, -0.2) is 0 Å². The molecule has 1 fully saturated rings. The first-order chi connectivity index (χ1) is 16.0. The molecule has 0 saturated carbocycles. The molecule has 176 valence electrons. The van der Waals surface area contributed by atoms with Crippen molar-refractivity contribution in [1.82, 2.24) is 14.8 Å². The van der Waals surface area contributed by atoms with Crippen molar-refractivity contribution in [3.8, 4) is 17.0 Å². The van der Waals surface area contributed by atoms with E-state index in [9.17, 15) is 4.79 Å². The summed E-state index contributed by atoms with van der Waals surface area (Å²) in [7, 11) is 0. The molecule has 1 saturated heterocycles. The third-order valence-corrected chi connectivity index (χ3v) is 6.32. The van der Waals surface area contributed by atoms with Crippen molar-refractivity contribution in [2.75, 3.05) is 26.2 Å². The minimum Gasteiger partial charge on any atom is -0.494 e. The van der Waals surface area contributed by atoms with E-state index in [2.05, 4.69) is 26.9 Å². The molecule has 1 amide bonds. The van der Waals surface area contributed by atoms with Crippen LogP contribution in [0.15, 0.2) is 48.5 Å². The van der Waals surface area contributed by atoms with E-state index >= 15 is 0 Å². The summed E-state index contributed by atoms with van der Waals surface area (Å²) < 4.78 is 8.13. The van der Waals surface area contributed by atoms with Crippen LogP contribution in [0.5, 0.6) is 5.75 Å². The van der Waals surface area contributed by atoms with Gasteiger partial charge in [-0.2, -0.15) is 0 Å². The summed E-state index contributed by atoms with van der Waals surface area (Å²) in [6, 6.07) is 16.1. The molecule has 4 rings (SSSR count). The van der Waals surface area contributed by atoms with Gasteiger partial charge in [-0.3, -0.25) is 4.79 Å². The van der Waals surface area contributed by atoms with E-state index in [1.165, 1.54) is 32.4 Å². The highest BCUT2D eigenvalue weighted by molar-refractivity contribution is 6.30. The first kappa shape index (κ1) is 23.7. The molecular formula is C27H34ClN3O2. The highest BCUT2D eigenvalue weighted by Crippen LogP contribution is 2.32. The quantitative estimate of drug-likeness (QED) is 0.408. The summed E-state index contributed by atoms with van der Waals surface area (Å²) >= 11 is 6.26. The molecule has 2 heterocycles. The number of carbonyl (C=O) groups excluding carboxylic acids is 1. The van der Waals surface area contributed by atoms with Crippen molar-refractivity contribution < 1.29 is 9.53 Å². The topological polar surface area (TPSA) is 46.5 Å². The lowest BCUT2D eigenvalue weighted by Crippen LogP contribution is -2.33. The summed E-state index contributed by atoms with van der Waals surface area (Å²) in [4.78, 5) is 15.1. The number of hydrogen-bond donors (Lipinski definition) is 1. The predicted molar refractivity (Wildman–Crippen MR) is 136 cm³/mol. The Morgan fingerprint density at radius 2 is 1.91 bits per heavy atom. The summed E-state index contributed by atoms with van der Waals surface area (Å²) in [5.41, 5.74) is 2.96. The first-order valence-electron chi connectivity index (χ1n) is 12.0. The first-order valence-corrected chi connectivity index (χ1v) is 12.4. The molecule has 0 unspecified atom stereocenters. The number of rotatable bonds is 9. The monoisotopic (exact) mass is 467 g/mol. The fourth-order valence-electron chi connectivity index (χ4n) is 4.57. The van der Waals surface area contributed by atoms with E-state index < -0.39 is 0 Å². The number of benzene rings is 2. The number of halogens is 1. The van der Waals surface area contributed by atoms with Crippen LogP contribution in [0, 0.1) is 0 Å².